The lowest BCUT2D eigenvalue weighted by molar-refractivity contribution is -0.0112. The van der Waals surface area contributed by atoms with Crippen molar-refractivity contribution in [3.63, 3.8) is 0 Å². The van der Waals surface area contributed by atoms with Crippen LogP contribution in [0.25, 0.3) is 0 Å². The van der Waals surface area contributed by atoms with Crippen LogP contribution in [0.5, 0.6) is 11.5 Å². The van der Waals surface area contributed by atoms with Crippen molar-refractivity contribution < 1.29 is 18.9 Å². The topological polar surface area (TPSA) is 70.0 Å². The van der Waals surface area contributed by atoms with Gasteiger partial charge in [0.1, 0.15) is 24.2 Å². The van der Waals surface area contributed by atoms with Crippen molar-refractivity contribution >= 4 is 5.69 Å². The number of ether oxygens (including phenoxy) is 4. The zero-order valence-electron chi connectivity index (χ0n) is 23.4. The third kappa shape index (κ3) is 6.93. The van der Waals surface area contributed by atoms with Crippen molar-refractivity contribution in [3.05, 3.63) is 72.1 Å². The van der Waals surface area contributed by atoms with Gasteiger partial charge in [-0.3, -0.25) is 4.68 Å². The minimum Gasteiger partial charge on any atom is -0.497 e. The van der Waals surface area contributed by atoms with Crippen LogP contribution < -0.4 is 19.7 Å². The largest absolute Gasteiger partial charge is 0.497 e. The molecule has 0 amide bonds. The monoisotopic (exact) mass is 534 g/mol. The van der Waals surface area contributed by atoms with Gasteiger partial charge in [-0.25, -0.2) is 0 Å². The smallest absolute Gasteiger partial charge is 0.142 e. The number of hydrogen-bond acceptors (Lipinski definition) is 7. The van der Waals surface area contributed by atoms with Crippen LogP contribution in [0.15, 0.2) is 60.9 Å². The molecule has 2 aliphatic rings. The minimum absolute atomic E-state index is 0.124. The molecule has 0 aliphatic carbocycles. The second-order valence-electron chi connectivity index (χ2n) is 10.6. The van der Waals surface area contributed by atoms with Crippen LogP contribution in [-0.4, -0.2) is 69.0 Å². The Morgan fingerprint density at radius 3 is 2.67 bits per heavy atom. The molecule has 2 aromatic carbocycles. The molecule has 0 bridgehead atoms. The van der Waals surface area contributed by atoms with Crippen molar-refractivity contribution in [2.45, 2.75) is 56.9 Å². The van der Waals surface area contributed by atoms with Crippen molar-refractivity contribution in [2.24, 2.45) is 0 Å². The number of aromatic nitrogens is 2. The zero-order valence-corrected chi connectivity index (χ0v) is 23.4. The molecule has 8 heteroatoms. The number of nitrogens with zero attached hydrogens (tertiary/aromatic N) is 3. The summed E-state index contributed by atoms with van der Waals surface area (Å²) in [6.45, 7) is 6.33. The molecule has 0 radical (unpaired) electrons. The molecule has 4 atom stereocenters. The average molecular weight is 535 g/mol. The van der Waals surface area contributed by atoms with E-state index in [-0.39, 0.29) is 12.2 Å². The molecule has 0 saturated carbocycles. The molecule has 2 aliphatic heterocycles. The van der Waals surface area contributed by atoms with Gasteiger partial charge in [0.2, 0.25) is 0 Å². The second kappa shape index (κ2) is 13.3. The SMILES string of the molecule is COCCCN1CCOc2ccc(C(O[C@@H]3CC[C@H](C[C@H](C)n4cccn4)NC3)c3ccc(OC)cc3)cc21. The van der Waals surface area contributed by atoms with E-state index in [1.165, 1.54) is 0 Å². The third-order valence-electron chi connectivity index (χ3n) is 7.84. The van der Waals surface area contributed by atoms with E-state index >= 15 is 0 Å². The number of hydrogen-bond donors (Lipinski definition) is 1. The van der Waals surface area contributed by atoms with Gasteiger partial charge in [-0.05, 0) is 74.1 Å². The van der Waals surface area contributed by atoms with Gasteiger partial charge in [-0.15, -0.1) is 0 Å². The fourth-order valence-corrected chi connectivity index (χ4v) is 5.67. The molecule has 3 aromatic rings. The number of anilines is 1. The van der Waals surface area contributed by atoms with Gasteiger partial charge in [-0.1, -0.05) is 18.2 Å². The predicted octanol–water partition coefficient (Wildman–Crippen LogP) is 5.00. The summed E-state index contributed by atoms with van der Waals surface area (Å²) in [6, 6.07) is 17.6. The number of piperidine rings is 1. The van der Waals surface area contributed by atoms with Gasteiger partial charge in [0, 0.05) is 45.2 Å². The van der Waals surface area contributed by atoms with E-state index in [2.05, 4.69) is 52.6 Å². The molecule has 1 saturated heterocycles. The first-order chi connectivity index (χ1) is 19.1. The van der Waals surface area contributed by atoms with E-state index in [0.29, 0.717) is 18.7 Å². The van der Waals surface area contributed by atoms with Crippen LogP contribution in [0.1, 0.15) is 55.9 Å². The predicted molar refractivity (Wildman–Crippen MR) is 153 cm³/mol. The van der Waals surface area contributed by atoms with Gasteiger partial charge < -0.3 is 29.2 Å². The van der Waals surface area contributed by atoms with E-state index in [4.69, 9.17) is 18.9 Å². The van der Waals surface area contributed by atoms with Crippen molar-refractivity contribution in [3.8, 4) is 11.5 Å². The van der Waals surface area contributed by atoms with Crippen LogP contribution >= 0.6 is 0 Å². The van der Waals surface area contributed by atoms with E-state index in [9.17, 15) is 0 Å². The Hall–Kier alpha value is -3.07. The molecule has 5 rings (SSSR count). The van der Waals surface area contributed by atoms with Crippen molar-refractivity contribution in [1.82, 2.24) is 15.1 Å². The van der Waals surface area contributed by atoms with Crippen LogP contribution in [0.3, 0.4) is 0 Å². The maximum atomic E-state index is 6.89. The van der Waals surface area contributed by atoms with Gasteiger partial charge in [0.25, 0.3) is 0 Å². The Bertz CT molecular complexity index is 1150. The summed E-state index contributed by atoms with van der Waals surface area (Å²) >= 11 is 0. The number of methoxy groups -OCH3 is 2. The maximum Gasteiger partial charge on any atom is 0.142 e. The fraction of sp³-hybridized carbons (Fsp3) is 0.516. The molecule has 0 spiro atoms. The maximum absolute atomic E-state index is 6.89. The number of rotatable bonds is 12. The Morgan fingerprint density at radius 1 is 1.10 bits per heavy atom. The number of fused-ring (bicyclic) bond motifs is 1. The van der Waals surface area contributed by atoms with Crippen LogP contribution in [0, 0.1) is 0 Å². The Labute approximate surface area is 232 Å². The molecule has 1 N–H and O–H groups in total. The number of benzene rings is 2. The second-order valence-corrected chi connectivity index (χ2v) is 10.6. The van der Waals surface area contributed by atoms with E-state index < -0.39 is 0 Å². The Kier molecular flexibility index (Phi) is 9.40. The first-order valence-electron chi connectivity index (χ1n) is 14.2. The Morgan fingerprint density at radius 2 is 1.95 bits per heavy atom. The first-order valence-corrected chi connectivity index (χ1v) is 14.2. The summed E-state index contributed by atoms with van der Waals surface area (Å²) in [4.78, 5) is 2.40. The van der Waals surface area contributed by atoms with Gasteiger partial charge in [-0.2, -0.15) is 5.10 Å². The summed E-state index contributed by atoms with van der Waals surface area (Å²) in [7, 11) is 3.45. The molecule has 1 unspecified atom stereocenters. The normalized spacial score (nSPS) is 20.6. The van der Waals surface area contributed by atoms with Crippen LogP contribution in [0.4, 0.5) is 5.69 Å². The first kappa shape index (κ1) is 27.5. The van der Waals surface area contributed by atoms with Crippen molar-refractivity contribution in [1.29, 1.82) is 0 Å². The molecule has 1 fully saturated rings. The zero-order chi connectivity index (χ0) is 27.0. The molecular formula is C31H42N4O4. The van der Waals surface area contributed by atoms with Gasteiger partial charge in [0.15, 0.2) is 0 Å². The van der Waals surface area contributed by atoms with E-state index in [0.717, 1.165) is 80.2 Å². The summed E-state index contributed by atoms with van der Waals surface area (Å²) < 4.78 is 25.6. The highest BCUT2D eigenvalue weighted by molar-refractivity contribution is 5.62. The lowest BCUT2D eigenvalue weighted by Crippen LogP contribution is -2.44. The quantitative estimate of drug-likeness (QED) is 0.328. The molecule has 1 aromatic heterocycles. The minimum atomic E-state index is -0.185. The van der Waals surface area contributed by atoms with Crippen LogP contribution in [0.2, 0.25) is 0 Å². The molecule has 3 heterocycles. The average Bonchev–Trinajstić information content (AvgIpc) is 3.53. The molecule has 210 valence electrons. The van der Waals surface area contributed by atoms with Crippen LogP contribution in [-0.2, 0) is 9.47 Å². The summed E-state index contributed by atoms with van der Waals surface area (Å²) in [5, 5.41) is 8.16. The highest BCUT2D eigenvalue weighted by Gasteiger charge is 2.28. The lowest BCUT2D eigenvalue weighted by Gasteiger charge is -2.35. The van der Waals surface area contributed by atoms with E-state index in [1.54, 1.807) is 14.2 Å². The third-order valence-corrected chi connectivity index (χ3v) is 7.84. The van der Waals surface area contributed by atoms with Gasteiger partial charge >= 0.3 is 0 Å². The fourth-order valence-electron chi connectivity index (χ4n) is 5.67. The number of nitrogens with one attached hydrogen (secondary N) is 1. The molecular weight excluding hydrogens is 492 g/mol. The summed E-state index contributed by atoms with van der Waals surface area (Å²) in [6.07, 6.45) is 7.96. The molecule has 39 heavy (non-hydrogen) atoms. The summed E-state index contributed by atoms with van der Waals surface area (Å²) in [5.41, 5.74) is 3.38. The standard InChI is InChI=1S/C31H42N4O4/c1-23(35-16-4-14-33-35)20-26-9-12-28(22-32-26)39-31(24-6-10-27(37-3)11-7-24)25-8-13-30-29(21-25)34(17-19-38-30)15-5-18-36-2/h4,6-8,10-11,13-14,16,21,23,26,28,31-32H,5,9,12,15,17-20,22H2,1-3H3/t23-,26+,28+,31?/m0/s1. The highest BCUT2D eigenvalue weighted by Crippen LogP contribution is 2.38. The van der Waals surface area contributed by atoms with Crippen molar-refractivity contribution in [2.75, 3.05) is 52.0 Å². The molecule has 8 nitrogen and oxygen atoms in total. The van der Waals surface area contributed by atoms with Gasteiger partial charge in [0.05, 0.1) is 31.5 Å². The van der Waals surface area contributed by atoms with E-state index in [1.807, 2.05) is 35.3 Å². The summed E-state index contributed by atoms with van der Waals surface area (Å²) in [5.74, 6) is 1.78. The lowest BCUT2D eigenvalue weighted by atomic mass is 9.96. The highest BCUT2D eigenvalue weighted by atomic mass is 16.5. The Balaban J connectivity index is 1.31.